The van der Waals surface area contributed by atoms with Crippen molar-refractivity contribution >= 4 is 21.9 Å². The number of benzene rings is 2. The number of hydrogen-bond acceptors (Lipinski definition) is 4. The van der Waals surface area contributed by atoms with E-state index in [2.05, 4.69) is 62.8 Å². The number of aryl methyl sites for hydroxylation is 2. The molecule has 0 amide bonds. The summed E-state index contributed by atoms with van der Waals surface area (Å²) in [4.78, 5) is 13.5. The number of aromatic nitrogens is 4. The molecule has 5 heteroatoms. The molecule has 0 atom stereocenters. The zero-order valence-corrected chi connectivity index (χ0v) is 17.6. The molecule has 0 bridgehead atoms. The Kier molecular flexibility index (Phi) is 5.07. The summed E-state index contributed by atoms with van der Waals surface area (Å²) in [7, 11) is 0. The average Bonchev–Trinajstić information content (AvgIpc) is 3.18. The lowest BCUT2D eigenvalue weighted by Crippen LogP contribution is -1.98. The van der Waals surface area contributed by atoms with Crippen LogP contribution in [0.15, 0.2) is 73.2 Å². The molecule has 3 aromatic heterocycles. The molecule has 0 aliphatic rings. The smallest absolute Gasteiger partial charge is 0.111 e. The quantitative estimate of drug-likeness (QED) is 0.385. The van der Waals surface area contributed by atoms with Gasteiger partial charge in [0, 0.05) is 41.0 Å². The highest BCUT2D eigenvalue weighted by Crippen LogP contribution is 2.28. The van der Waals surface area contributed by atoms with Gasteiger partial charge < -0.3 is 0 Å². The number of nitriles is 1. The molecule has 5 aromatic rings. The Hall–Kier alpha value is -4.48. The van der Waals surface area contributed by atoms with E-state index in [0.29, 0.717) is 6.42 Å². The van der Waals surface area contributed by atoms with E-state index in [1.54, 1.807) is 12.4 Å². The molecular formula is C27H19N5. The maximum Gasteiger partial charge on any atom is 0.111 e. The van der Waals surface area contributed by atoms with E-state index >= 15 is 0 Å². The predicted molar refractivity (Wildman–Crippen MR) is 125 cm³/mol. The Morgan fingerprint density at radius 1 is 0.938 bits per heavy atom. The third-order valence-corrected chi connectivity index (χ3v) is 5.38. The normalized spacial score (nSPS) is 10.6. The molecule has 5 nitrogen and oxygen atoms in total. The van der Waals surface area contributed by atoms with Gasteiger partial charge >= 0.3 is 0 Å². The number of imidazole rings is 1. The van der Waals surface area contributed by atoms with Gasteiger partial charge in [-0.05, 0) is 61.4 Å². The topological polar surface area (TPSA) is 67.4 Å². The van der Waals surface area contributed by atoms with Crippen LogP contribution < -0.4 is 0 Å². The van der Waals surface area contributed by atoms with E-state index in [1.807, 2.05) is 37.4 Å². The van der Waals surface area contributed by atoms with E-state index in [-0.39, 0.29) is 0 Å². The summed E-state index contributed by atoms with van der Waals surface area (Å²) in [5, 5.41) is 9.84. The first-order chi connectivity index (χ1) is 15.7. The lowest BCUT2D eigenvalue weighted by Gasteiger charge is -2.10. The highest BCUT2D eigenvalue weighted by Gasteiger charge is 2.14. The van der Waals surface area contributed by atoms with Crippen molar-refractivity contribution in [2.45, 2.75) is 19.8 Å². The van der Waals surface area contributed by atoms with Crippen molar-refractivity contribution in [1.82, 2.24) is 19.5 Å². The van der Waals surface area contributed by atoms with Crippen LogP contribution in [0.1, 0.15) is 28.9 Å². The number of hydrogen-bond donors (Lipinski definition) is 0. The number of nitrogens with zero attached hydrogens (tertiary/aromatic N) is 5. The molecule has 0 N–H and O–H groups in total. The van der Waals surface area contributed by atoms with E-state index in [9.17, 15) is 0 Å². The number of fused-ring (bicyclic) bond motifs is 3. The molecule has 2 aromatic carbocycles. The van der Waals surface area contributed by atoms with E-state index in [1.165, 1.54) is 0 Å². The van der Waals surface area contributed by atoms with Gasteiger partial charge in [0.25, 0.3) is 0 Å². The fourth-order valence-electron chi connectivity index (χ4n) is 3.86. The molecule has 3 heterocycles. The first-order valence-electron chi connectivity index (χ1n) is 10.4. The second-order valence-electron chi connectivity index (χ2n) is 7.53. The molecule has 0 spiro atoms. The van der Waals surface area contributed by atoms with Crippen LogP contribution in [-0.4, -0.2) is 19.5 Å². The maximum atomic E-state index is 8.83. The molecule has 5 rings (SSSR count). The third kappa shape index (κ3) is 3.69. The largest absolute Gasteiger partial charge is 0.296 e. The van der Waals surface area contributed by atoms with Crippen LogP contribution in [0.2, 0.25) is 0 Å². The molecule has 32 heavy (non-hydrogen) atoms. The zero-order valence-electron chi connectivity index (χ0n) is 17.6. The first-order valence-corrected chi connectivity index (χ1v) is 10.4. The van der Waals surface area contributed by atoms with Crippen molar-refractivity contribution in [3.63, 3.8) is 0 Å². The third-order valence-electron chi connectivity index (χ3n) is 5.38. The van der Waals surface area contributed by atoms with E-state index in [4.69, 9.17) is 10.2 Å². The van der Waals surface area contributed by atoms with Crippen LogP contribution in [0.4, 0.5) is 0 Å². The second-order valence-corrected chi connectivity index (χ2v) is 7.53. The monoisotopic (exact) mass is 413 g/mol. The van der Waals surface area contributed by atoms with Crippen molar-refractivity contribution in [2.24, 2.45) is 0 Å². The van der Waals surface area contributed by atoms with E-state index in [0.717, 1.165) is 56.6 Å². The van der Waals surface area contributed by atoms with Gasteiger partial charge in [-0.25, -0.2) is 4.98 Å². The molecule has 0 unspecified atom stereocenters. The summed E-state index contributed by atoms with van der Waals surface area (Å²) in [6.07, 6.45) is 6.59. The Morgan fingerprint density at radius 3 is 2.56 bits per heavy atom. The van der Waals surface area contributed by atoms with Crippen molar-refractivity contribution < 1.29 is 0 Å². The minimum absolute atomic E-state index is 0.519. The van der Waals surface area contributed by atoms with E-state index < -0.39 is 0 Å². The summed E-state index contributed by atoms with van der Waals surface area (Å²) in [5.41, 5.74) is 6.73. The standard InChI is InChI=1S/C27H19N5/c1-19-31-26-18-30-25-13-10-21(6-7-22-5-3-15-29-17-22)16-24(25)27(26)32(19)23-11-8-20(9-12-23)4-2-14-28/h3,5,8-13,15-18H,2,4H2,1H3. The summed E-state index contributed by atoms with van der Waals surface area (Å²) in [6.45, 7) is 2.00. The zero-order chi connectivity index (χ0) is 21.9. The summed E-state index contributed by atoms with van der Waals surface area (Å²) in [6, 6.07) is 20.4. The molecular weight excluding hydrogens is 394 g/mol. The number of rotatable bonds is 3. The first kappa shape index (κ1) is 19.5. The summed E-state index contributed by atoms with van der Waals surface area (Å²) >= 11 is 0. The molecule has 0 aliphatic carbocycles. The second kappa shape index (κ2) is 8.34. The van der Waals surface area contributed by atoms with Gasteiger partial charge in [0.05, 0.1) is 23.3 Å². The van der Waals surface area contributed by atoms with Gasteiger partial charge in [-0.1, -0.05) is 24.0 Å². The Bertz CT molecular complexity index is 1530. The van der Waals surface area contributed by atoms with Crippen LogP contribution in [0.25, 0.3) is 27.6 Å². The summed E-state index contributed by atoms with van der Waals surface area (Å²) < 4.78 is 2.16. The van der Waals surface area contributed by atoms with Gasteiger partial charge in [-0.2, -0.15) is 5.26 Å². The molecule has 152 valence electrons. The fourth-order valence-corrected chi connectivity index (χ4v) is 3.86. The minimum Gasteiger partial charge on any atom is -0.296 e. The van der Waals surface area contributed by atoms with Gasteiger partial charge in [-0.3, -0.25) is 14.5 Å². The lowest BCUT2D eigenvalue weighted by molar-refractivity contribution is 0.985. The van der Waals surface area contributed by atoms with Crippen molar-refractivity contribution in [3.8, 4) is 23.6 Å². The summed E-state index contributed by atoms with van der Waals surface area (Å²) in [5.74, 6) is 7.30. The minimum atomic E-state index is 0.519. The van der Waals surface area contributed by atoms with Crippen molar-refractivity contribution in [1.29, 1.82) is 5.26 Å². The Labute approximate surface area is 186 Å². The Balaban J connectivity index is 1.64. The molecule has 0 aliphatic heterocycles. The predicted octanol–water partition coefficient (Wildman–Crippen LogP) is 5.13. The van der Waals surface area contributed by atoms with Crippen LogP contribution in [0, 0.1) is 30.1 Å². The molecule has 0 radical (unpaired) electrons. The van der Waals surface area contributed by atoms with Crippen LogP contribution in [-0.2, 0) is 6.42 Å². The highest BCUT2D eigenvalue weighted by molar-refractivity contribution is 6.03. The molecule has 0 saturated heterocycles. The van der Waals surface area contributed by atoms with Crippen molar-refractivity contribution in [3.05, 3.63) is 95.7 Å². The SMILES string of the molecule is Cc1nc2cnc3ccc(C#Cc4cccnc4)cc3c2n1-c1ccc(CCC#N)cc1. The average molecular weight is 413 g/mol. The lowest BCUT2D eigenvalue weighted by atomic mass is 10.1. The van der Waals surface area contributed by atoms with Crippen molar-refractivity contribution in [2.75, 3.05) is 0 Å². The van der Waals surface area contributed by atoms with Gasteiger partial charge in [0.2, 0.25) is 0 Å². The van der Waals surface area contributed by atoms with Gasteiger partial charge in [0.1, 0.15) is 11.3 Å². The van der Waals surface area contributed by atoms with Gasteiger partial charge in [0.15, 0.2) is 0 Å². The fraction of sp³-hybridized carbons (Fsp3) is 0.111. The number of pyridine rings is 2. The maximum absolute atomic E-state index is 8.83. The molecule has 0 saturated carbocycles. The van der Waals surface area contributed by atoms with Crippen LogP contribution in [0.5, 0.6) is 0 Å². The van der Waals surface area contributed by atoms with Crippen LogP contribution >= 0.6 is 0 Å². The molecule has 0 fully saturated rings. The van der Waals surface area contributed by atoms with Crippen LogP contribution in [0.3, 0.4) is 0 Å². The van der Waals surface area contributed by atoms with Gasteiger partial charge in [-0.15, -0.1) is 0 Å². The highest BCUT2D eigenvalue weighted by atomic mass is 15.1. The Morgan fingerprint density at radius 2 is 1.78 bits per heavy atom.